The third-order valence-electron chi connectivity index (χ3n) is 3.85. The first-order valence-electron chi connectivity index (χ1n) is 7.71. The number of nitrogens with zero attached hydrogens (tertiary/aromatic N) is 2. The maximum absolute atomic E-state index is 13.4. The van der Waals surface area contributed by atoms with Gasteiger partial charge in [-0.15, -0.1) is 0 Å². The Kier molecular flexibility index (Phi) is 5.49. The monoisotopic (exact) mass is 333 g/mol. The van der Waals surface area contributed by atoms with Crippen molar-refractivity contribution in [3.05, 3.63) is 58.9 Å². The van der Waals surface area contributed by atoms with E-state index in [0.29, 0.717) is 29.1 Å². The summed E-state index contributed by atoms with van der Waals surface area (Å²) in [5.41, 5.74) is 1.63. The molecule has 1 aromatic carbocycles. The first-order valence-corrected chi connectivity index (χ1v) is 7.71. The van der Waals surface area contributed by atoms with Gasteiger partial charge in [-0.1, -0.05) is 0 Å². The van der Waals surface area contributed by atoms with Gasteiger partial charge in [-0.2, -0.15) is 0 Å². The summed E-state index contributed by atoms with van der Waals surface area (Å²) in [5, 5.41) is 8.32. The molecule has 0 amide bonds. The molecular formula is C18H21F2N3O. The van der Waals surface area contributed by atoms with Gasteiger partial charge in [0, 0.05) is 25.9 Å². The molecule has 6 heteroatoms. The van der Waals surface area contributed by atoms with Gasteiger partial charge in [-0.05, 0) is 44.5 Å². The van der Waals surface area contributed by atoms with Crippen molar-refractivity contribution in [1.29, 1.82) is 5.41 Å². The predicted molar refractivity (Wildman–Crippen MR) is 89.5 cm³/mol. The van der Waals surface area contributed by atoms with Crippen molar-refractivity contribution in [3.63, 3.8) is 0 Å². The average molecular weight is 333 g/mol. The summed E-state index contributed by atoms with van der Waals surface area (Å²) in [5.74, 6) is -0.546. The summed E-state index contributed by atoms with van der Waals surface area (Å²) < 4.78 is 32.7. The highest BCUT2D eigenvalue weighted by Crippen LogP contribution is 2.28. The zero-order valence-corrected chi connectivity index (χ0v) is 14.2. The van der Waals surface area contributed by atoms with Gasteiger partial charge in [0.15, 0.2) is 0 Å². The van der Waals surface area contributed by atoms with Crippen molar-refractivity contribution in [3.8, 4) is 5.75 Å². The lowest BCUT2D eigenvalue weighted by Crippen LogP contribution is -2.28. The highest BCUT2D eigenvalue weighted by molar-refractivity contribution is 5.99. The van der Waals surface area contributed by atoms with Gasteiger partial charge in [0.05, 0.1) is 11.3 Å². The molecule has 0 unspecified atom stereocenters. The summed E-state index contributed by atoms with van der Waals surface area (Å²) in [6, 6.07) is 4.96. The van der Waals surface area contributed by atoms with Crippen molar-refractivity contribution in [2.75, 3.05) is 13.6 Å². The van der Waals surface area contributed by atoms with Gasteiger partial charge in [-0.25, -0.2) is 8.78 Å². The Morgan fingerprint density at radius 1 is 1.29 bits per heavy atom. The molecule has 0 aliphatic heterocycles. The molecule has 128 valence electrons. The SMILES string of the molecule is CCN(C)C(=N)c1c(O[C@H](C)c2cc(F)cc(F)c2)ccnc1C. The van der Waals surface area contributed by atoms with Gasteiger partial charge in [0.2, 0.25) is 0 Å². The number of amidine groups is 1. The number of aryl methyl sites for hydroxylation is 1. The molecule has 0 bridgehead atoms. The van der Waals surface area contributed by atoms with Crippen LogP contribution in [0, 0.1) is 24.0 Å². The van der Waals surface area contributed by atoms with Gasteiger partial charge >= 0.3 is 0 Å². The second kappa shape index (κ2) is 7.38. The Hall–Kier alpha value is -2.50. The largest absolute Gasteiger partial charge is 0.485 e. The lowest BCUT2D eigenvalue weighted by Gasteiger charge is -2.23. The van der Waals surface area contributed by atoms with E-state index >= 15 is 0 Å². The maximum Gasteiger partial charge on any atom is 0.134 e. The second-order valence-corrected chi connectivity index (χ2v) is 5.60. The fourth-order valence-electron chi connectivity index (χ4n) is 2.35. The van der Waals surface area contributed by atoms with Gasteiger partial charge in [-0.3, -0.25) is 10.4 Å². The molecule has 0 radical (unpaired) electrons. The first-order chi connectivity index (χ1) is 11.3. The minimum absolute atomic E-state index is 0.288. The van der Waals surface area contributed by atoms with E-state index in [1.54, 1.807) is 31.0 Å². The maximum atomic E-state index is 13.4. The van der Waals surface area contributed by atoms with E-state index < -0.39 is 17.7 Å². The molecule has 0 aliphatic rings. The number of rotatable bonds is 5. The third kappa shape index (κ3) is 3.88. The van der Waals surface area contributed by atoms with Crippen LogP contribution in [0.2, 0.25) is 0 Å². The Morgan fingerprint density at radius 3 is 2.50 bits per heavy atom. The van der Waals surface area contributed by atoms with Crippen molar-refractivity contribution >= 4 is 5.84 Å². The Bertz CT molecular complexity index is 729. The fourth-order valence-corrected chi connectivity index (χ4v) is 2.35. The van der Waals surface area contributed by atoms with E-state index in [4.69, 9.17) is 10.1 Å². The van der Waals surface area contributed by atoms with E-state index in [1.165, 1.54) is 12.1 Å². The molecule has 0 spiro atoms. The number of hydrogen-bond acceptors (Lipinski definition) is 3. The quantitative estimate of drug-likeness (QED) is 0.662. The molecule has 0 saturated heterocycles. The minimum Gasteiger partial charge on any atom is -0.485 e. The molecule has 0 fully saturated rings. The molecule has 1 atom stereocenters. The first kappa shape index (κ1) is 17.8. The van der Waals surface area contributed by atoms with Crippen LogP contribution in [0.5, 0.6) is 5.75 Å². The molecule has 24 heavy (non-hydrogen) atoms. The second-order valence-electron chi connectivity index (χ2n) is 5.60. The molecule has 0 aliphatic carbocycles. The number of benzene rings is 1. The molecule has 1 heterocycles. The molecular weight excluding hydrogens is 312 g/mol. The zero-order chi connectivity index (χ0) is 17.9. The van der Waals surface area contributed by atoms with Crippen molar-refractivity contribution in [2.24, 2.45) is 0 Å². The molecule has 2 aromatic rings. The lowest BCUT2D eigenvalue weighted by molar-refractivity contribution is 0.224. The lowest BCUT2D eigenvalue weighted by atomic mass is 10.1. The van der Waals surface area contributed by atoms with Crippen LogP contribution in [-0.4, -0.2) is 29.3 Å². The normalized spacial score (nSPS) is 11.9. The molecule has 1 N–H and O–H groups in total. The predicted octanol–water partition coefficient (Wildman–Crippen LogP) is 4.09. The van der Waals surface area contributed by atoms with Crippen LogP contribution in [0.1, 0.15) is 36.8 Å². The van der Waals surface area contributed by atoms with Crippen LogP contribution in [0.25, 0.3) is 0 Å². The molecule has 1 aromatic heterocycles. The molecule has 0 saturated carbocycles. The molecule has 4 nitrogen and oxygen atoms in total. The number of ether oxygens (including phenoxy) is 1. The number of halogens is 2. The highest BCUT2D eigenvalue weighted by atomic mass is 19.1. The molecule has 2 rings (SSSR count). The van der Waals surface area contributed by atoms with E-state index in [-0.39, 0.29) is 5.84 Å². The highest BCUT2D eigenvalue weighted by Gasteiger charge is 2.19. The van der Waals surface area contributed by atoms with Crippen LogP contribution in [0.15, 0.2) is 30.5 Å². The van der Waals surface area contributed by atoms with Gasteiger partial charge in [0.25, 0.3) is 0 Å². The number of aromatic nitrogens is 1. The minimum atomic E-state index is -0.648. The standard InChI is InChI=1S/C18H21F2N3O/c1-5-23(4)18(21)17-11(2)22-7-6-16(17)24-12(3)13-8-14(19)10-15(20)9-13/h6-10,12,21H,5H2,1-4H3/t12-/m1/s1. The van der Waals surface area contributed by atoms with E-state index in [2.05, 4.69) is 4.98 Å². The summed E-state index contributed by atoms with van der Waals surface area (Å²) in [7, 11) is 1.81. The smallest absolute Gasteiger partial charge is 0.134 e. The third-order valence-corrected chi connectivity index (χ3v) is 3.85. The topological polar surface area (TPSA) is 49.2 Å². The van der Waals surface area contributed by atoms with Gasteiger partial charge < -0.3 is 9.64 Å². The fraction of sp³-hybridized carbons (Fsp3) is 0.333. The summed E-state index contributed by atoms with van der Waals surface area (Å²) in [6.07, 6.45) is 1.02. The van der Waals surface area contributed by atoms with Crippen molar-refractivity contribution in [2.45, 2.75) is 26.9 Å². The van der Waals surface area contributed by atoms with Crippen molar-refractivity contribution in [1.82, 2.24) is 9.88 Å². The summed E-state index contributed by atoms with van der Waals surface area (Å²) in [4.78, 5) is 5.99. The van der Waals surface area contributed by atoms with E-state index in [0.717, 1.165) is 6.07 Å². The van der Waals surface area contributed by atoms with Crippen LogP contribution in [0.4, 0.5) is 8.78 Å². The number of nitrogens with one attached hydrogen (secondary N) is 1. The van der Waals surface area contributed by atoms with E-state index in [1.807, 2.05) is 14.0 Å². The number of pyridine rings is 1. The van der Waals surface area contributed by atoms with Crippen LogP contribution < -0.4 is 4.74 Å². The van der Waals surface area contributed by atoms with Gasteiger partial charge in [0.1, 0.15) is 29.3 Å². The van der Waals surface area contributed by atoms with Crippen LogP contribution in [0.3, 0.4) is 0 Å². The van der Waals surface area contributed by atoms with Crippen LogP contribution >= 0.6 is 0 Å². The Labute approximate surface area is 140 Å². The summed E-state index contributed by atoms with van der Waals surface area (Å²) >= 11 is 0. The summed E-state index contributed by atoms with van der Waals surface area (Å²) in [6.45, 7) is 6.11. The van der Waals surface area contributed by atoms with Crippen molar-refractivity contribution < 1.29 is 13.5 Å². The zero-order valence-electron chi connectivity index (χ0n) is 14.2. The Morgan fingerprint density at radius 2 is 1.92 bits per heavy atom. The Balaban J connectivity index is 2.35. The van der Waals surface area contributed by atoms with E-state index in [9.17, 15) is 8.78 Å². The average Bonchev–Trinajstić information content (AvgIpc) is 2.52. The van der Waals surface area contributed by atoms with Crippen LogP contribution in [-0.2, 0) is 0 Å². The number of hydrogen-bond donors (Lipinski definition) is 1.